The molecule has 5 aromatic heterocycles. The van der Waals surface area contributed by atoms with Crippen LogP contribution < -0.4 is 9.61 Å². The van der Waals surface area contributed by atoms with E-state index in [1.165, 1.54) is 9.95 Å². The van der Waals surface area contributed by atoms with Crippen LogP contribution in [0.3, 0.4) is 0 Å². The molecule has 11 nitrogen and oxygen atoms in total. The predicted octanol–water partition coefficient (Wildman–Crippen LogP) is 4.15. The molecule has 0 aliphatic carbocycles. The van der Waals surface area contributed by atoms with E-state index in [-0.39, 0.29) is 17.3 Å². The fourth-order valence-corrected chi connectivity index (χ4v) is 4.29. The molecule has 2 N–H and O–H groups in total. The zero-order chi connectivity index (χ0) is 24.6. The van der Waals surface area contributed by atoms with Gasteiger partial charge in [0.2, 0.25) is 17.6 Å². The van der Waals surface area contributed by atoms with E-state index in [0.29, 0.717) is 51.5 Å². The minimum atomic E-state index is -0.279. The molecule has 0 radical (unpaired) electrons. The van der Waals surface area contributed by atoms with Crippen LogP contribution in [0.1, 0.15) is 11.5 Å². The molecule has 0 unspecified atom stereocenters. The molecule has 0 amide bonds. The predicted molar refractivity (Wildman–Crippen MR) is 131 cm³/mol. The van der Waals surface area contributed by atoms with Gasteiger partial charge in [0, 0.05) is 24.8 Å². The lowest BCUT2D eigenvalue weighted by Crippen LogP contribution is -2.13. The summed E-state index contributed by atoms with van der Waals surface area (Å²) in [6, 6.07) is 12.7. The summed E-state index contributed by atoms with van der Waals surface area (Å²) in [5.41, 5.74) is 3.29. The summed E-state index contributed by atoms with van der Waals surface area (Å²) in [5.74, 6) is 2.24. The van der Waals surface area contributed by atoms with Crippen LogP contribution in [0.4, 0.5) is 0 Å². The normalized spacial score (nSPS) is 11.2. The van der Waals surface area contributed by atoms with Crippen molar-refractivity contribution in [1.29, 1.82) is 0 Å². The molecule has 0 fully saturated rings. The van der Waals surface area contributed by atoms with Crippen molar-refractivity contribution in [1.82, 2.24) is 34.6 Å². The number of H-pyrrole nitrogens is 1. The van der Waals surface area contributed by atoms with Gasteiger partial charge in [-0.3, -0.25) is 14.3 Å². The molecule has 178 valence electrons. The number of hydrogen-bond acceptors (Lipinski definition) is 10. The molecule has 0 aliphatic heterocycles. The van der Waals surface area contributed by atoms with Gasteiger partial charge in [-0.15, -0.1) is 0 Å². The van der Waals surface area contributed by atoms with Gasteiger partial charge in [0.1, 0.15) is 22.9 Å². The Morgan fingerprint density at radius 1 is 1.14 bits per heavy atom. The number of imidazole rings is 1. The van der Waals surface area contributed by atoms with Gasteiger partial charge in [0.15, 0.2) is 5.82 Å². The van der Waals surface area contributed by atoms with Gasteiger partial charge in [-0.25, -0.2) is 9.97 Å². The number of aromatic hydroxyl groups is 1. The smallest absolute Gasteiger partial charge is 0.310 e. The van der Waals surface area contributed by atoms with Crippen molar-refractivity contribution in [2.45, 2.75) is 13.5 Å². The maximum absolute atomic E-state index is 12.3. The number of ether oxygens (including phenoxy) is 1. The van der Waals surface area contributed by atoms with Crippen molar-refractivity contribution < 1.29 is 14.4 Å². The van der Waals surface area contributed by atoms with Crippen molar-refractivity contribution in [2.24, 2.45) is 0 Å². The fourth-order valence-electron chi connectivity index (χ4n) is 3.67. The molecule has 0 saturated heterocycles. The highest BCUT2D eigenvalue weighted by atomic mass is 32.1. The minimum absolute atomic E-state index is 0.102. The van der Waals surface area contributed by atoms with Crippen molar-refractivity contribution in [3.8, 4) is 40.4 Å². The molecule has 0 bridgehead atoms. The lowest BCUT2D eigenvalue weighted by atomic mass is 10.1. The van der Waals surface area contributed by atoms with Gasteiger partial charge >= 0.3 is 4.87 Å². The topological polar surface area (TPSA) is 145 Å². The van der Waals surface area contributed by atoms with Crippen molar-refractivity contribution in [3.05, 3.63) is 81.4 Å². The lowest BCUT2D eigenvalue weighted by Gasteiger charge is -2.12. The highest BCUT2D eigenvalue weighted by Gasteiger charge is 2.16. The number of benzene rings is 1. The molecular weight excluding hydrogens is 482 g/mol. The van der Waals surface area contributed by atoms with Crippen LogP contribution in [0.5, 0.6) is 17.4 Å². The zero-order valence-electron chi connectivity index (χ0n) is 18.7. The Kier molecular flexibility index (Phi) is 5.26. The SMILES string of the molecule is Cc1nc(-c2ccc(Oc3cc4nc(-c5ccccn5)[nH]c4cc3Cn3c(O)csc3=O)cn2)no1. The highest BCUT2D eigenvalue weighted by Crippen LogP contribution is 2.32. The molecule has 0 saturated carbocycles. The first-order valence-electron chi connectivity index (χ1n) is 10.8. The summed E-state index contributed by atoms with van der Waals surface area (Å²) < 4.78 is 12.5. The molecule has 6 rings (SSSR count). The van der Waals surface area contributed by atoms with Crippen molar-refractivity contribution in [2.75, 3.05) is 0 Å². The minimum Gasteiger partial charge on any atom is -0.494 e. The van der Waals surface area contributed by atoms with Gasteiger partial charge in [-0.1, -0.05) is 22.6 Å². The van der Waals surface area contributed by atoms with Gasteiger partial charge in [0.25, 0.3) is 0 Å². The number of nitrogens with one attached hydrogen (secondary N) is 1. The molecule has 6 aromatic rings. The average molecular weight is 500 g/mol. The summed E-state index contributed by atoms with van der Waals surface area (Å²) in [6.07, 6.45) is 3.24. The average Bonchev–Trinajstić information content (AvgIpc) is 3.60. The fraction of sp³-hybridized carbons (Fsp3) is 0.0833. The number of aromatic amines is 1. The van der Waals surface area contributed by atoms with Crippen molar-refractivity contribution >= 4 is 22.4 Å². The first-order valence-corrected chi connectivity index (χ1v) is 11.7. The summed E-state index contributed by atoms with van der Waals surface area (Å²) >= 11 is 0.925. The molecule has 5 heterocycles. The van der Waals surface area contributed by atoms with E-state index in [1.54, 1.807) is 37.5 Å². The van der Waals surface area contributed by atoms with E-state index in [4.69, 9.17) is 9.26 Å². The summed E-state index contributed by atoms with van der Waals surface area (Å²) in [7, 11) is 0. The van der Waals surface area contributed by atoms with Crippen LogP contribution in [0.15, 0.2) is 69.6 Å². The van der Waals surface area contributed by atoms with Crippen LogP contribution in [-0.4, -0.2) is 39.8 Å². The van der Waals surface area contributed by atoms with E-state index < -0.39 is 0 Å². The third-order valence-electron chi connectivity index (χ3n) is 5.38. The van der Waals surface area contributed by atoms with Crippen LogP contribution in [0, 0.1) is 6.92 Å². The van der Waals surface area contributed by atoms with E-state index in [2.05, 4.69) is 30.1 Å². The highest BCUT2D eigenvalue weighted by molar-refractivity contribution is 7.07. The Bertz CT molecular complexity index is 1740. The molecular formula is C24H17N7O4S. The van der Waals surface area contributed by atoms with Gasteiger partial charge in [-0.2, -0.15) is 4.98 Å². The second kappa shape index (κ2) is 8.74. The lowest BCUT2D eigenvalue weighted by molar-refractivity contribution is 0.394. The Balaban J connectivity index is 1.39. The summed E-state index contributed by atoms with van der Waals surface area (Å²) in [6.45, 7) is 1.81. The standard InChI is InChI=1S/C24H17N7O4S/c1-13-27-23(30-35-13)17-6-5-15(10-26-17)34-20-9-19-18(28-22(29-19)16-4-2-3-7-25-16)8-14(20)11-31-21(32)12-36-24(31)33/h2-10,12,32H,11H2,1H3,(H,28,29). The zero-order valence-corrected chi connectivity index (χ0v) is 19.6. The first kappa shape index (κ1) is 21.7. The molecule has 12 heteroatoms. The van der Waals surface area contributed by atoms with E-state index in [1.807, 2.05) is 24.3 Å². The Morgan fingerprint density at radius 2 is 2.06 bits per heavy atom. The number of hydrogen-bond donors (Lipinski definition) is 2. The third-order valence-corrected chi connectivity index (χ3v) is 6.13. The van der Waals surface area contributed by atoms with E-state index in [9.17, 15) is 9.90 Å². The number of pyridine rings is 2. The number of nitrogens with zero attached hydrogens (tertiary/aromatic N) is 6. The maximum Gasteiger partial charge on any atom is 0.310 e. The molecule has 36 heavy (non-hydrogen) atoms. The molecule has 0 spiro atoms. The molecule has 1 aromatic carbocycles. The van der Waals surface area contributed by atoms with E-state index in [0.717, 1.165) is 16.9 Å². The quantitative estimate of drug-likeness (QED) is 0.345. The van der Waals surface area contributed by atoms with Gasteiger partial charge in [-0.05, 0) is 30.3 Å². The largest absolute Gasteiger partial charge is 0.494 e. The van der Waals surface area contributed by atoms with Gasteiger partial charge < -0.3 is 19.4 Å². The Morgan fingerprint density at radius 3 is 2.75 bits per heavy atom. The third kappa shape index (κ3) is 4.09. The molecule has 0 aliphatic rings. The summed E-state index contributed by atoms with van der Waals surface area (Å²) in [5, 5.41) is 15.4. The number of fused-ring (bicyclic) bond motifs is 1. The summed E-state index contributed by atoms with van der Waals surface area (Å²) in [4.78, 5) is 32.8. The first-order chi connectivity index (χ1) is 17.5. The molecule has 0 atom stereocenters. The number of rotatable bonds is 6. The monoisotopic (exact) mass is 499 g/mol. The second-order valence-electron chi connectivity index (χ2n) is 7.84. The van der Waals surface area contributed by atoms with Crippen LogP contribution in [-0.2, 0) is 6.54 Å². The van der Waals surface area contributed by atoms with Crippen LogP contribution in [0.2, 0.25) is 0 Å². The second-order valence-corrected chi connectivity index (χ2v) is 8.66. The van der Waals surface area contributed by atoms with E-state index >= 15 is 0 Å². The van der Waals surface area contributed by atoms with Crippen molar-refractivity contribution in [3.63, 3.8) is 0 Å². The van der Waals surface area contributed by atoms with Gasteiger partial charge in [0.05, 0.1) is 29.2 Å². The van der Waals surface area contributed by atoms with Crippen LogP contribution >= 0.6 is 11.3 Å². The number of aryl methyl sites for hydroxylation is 1. The maximum atomic E-state index is 12.3. The Hall–Kier alpha value is -4.84. The Labute approximate surface area is 206 Å². The number of thiazole rings is 1. The number of aromatic nitrogens is 7. The van der Waals surface area contributed by atoms with Crippen LogP contribution in [0.25, 0.3) is 34.1 Å².